The third-order valence-electron chi connectivity index (χ3n) is 11.4. The van der Waals surface area contributed by atoms with E-state index in [1.165, 1.54) is 109 Å². The van der Waals surface area contributed by atoms with Crippen molar-refractivity contribution in [1.29, 1.82) is 0 Å². The van der Waals surface area contributed by atoms with Gasteiger partial charge in [-0.3, -0.25) is 0 Å². The zero-order valence-corrected chi connectivity index (χ0v) is 29.6. The largest absolute Gasteiger partial charge is 0.0622 e. The summed E-state index contributed by atoms with van der Waals surface area (Å²) in [5.41, 5.74) is 9.89. The minimum atomic E-state index is 1.22. The van der Waals surface area contributed by atoms with Gasteiger partial charge in [0.15, 0.2) is 0 Å². The first-order chi connectivity index (χ1) is 26.7. The molecule has 0 atom stereocenters. The zero-order valence-electron chi connectivity index (χ0n) is 29.6. The molecule has 0 aliphatic carbocycles. The van der Waals surface area contributed by atoms with Crippen LogP contribution in [0.4, 0.5) is 0 Å². The Morgan fingerprint density at radius 2 is 0.556 bits per heavy atom. The molecule has 0 spiro atoms. The quantitative estimate of drug-likeness (QED) is 0.162. The van der Waals surface area contributed by atoms with Crippen LogP contribution in [0.5, 0.6) is 0 Å². The van der Waals surface area contributed by atoms with Gasteiger partial charge in [-0.1, -0.05) is 164 Å². The van der Waals surface area contributed by atoms with Crippen molar-refractivity contribution < 1.29 is 0 Å². The van der Waals surface area contributed by atoms with Crippen molar-refractivity contribution in [1.82, 2.24) is 0 Å². The van der Waals surface area contributed by atoms with Gasteiger partial charge in [-0.2, -0.15) is 0 Å². The number of rotatable bonds is 4. The van der Waals surface area contributed by atoms with Crippen LogP contribution in [0.25, 0.3) is 109 Å². The number of hydrogen-bond donors (Lipinski definition) is 0. The molecular formula is C54H34. The van der Waals surface area contributed by atoms with Crippen LogP contribution in [-0.2, 0) is 0 Å². The van der Waals surface area contributed by atoms with Crippen molar-refractivity contribution in [2.24, 2.45) is 0 Å². The second kappa shape index (κ2) is 12.3. The highest BCUT2D eigenvalue weighted by molar-refractivity contribution is 6.24. The number of hydrogen-bond acceptors (Lipinski definition) is 0. The van der Waals surface area contributed by atoms with E-state index in [1.54, 1.807) is 0 Å². The Labute approximate surface area is 314 Å². The van der Waals surface area contributed by atoms with Gasteiger partial charge in [-0.05, 0) is 152 Å². The summed E-state index contributed by atoms with van der Waals surface area (Å²) >= 11 is 0. The molecule has 0 saturated heterocycles. The molecular weight excluding hydrogens is 649 g/mol. The van der Waals surface area contributed by atoms with E-state index in [4.69, 9.17) is 0 Å². The van der Waals surface area contributed by atoms with E-state index >= 15 is 0 Å². The van der Waals surface area contributed by atoms with E-state index in [9.17, 15) is 0 Å². The molecule has 0 aromatic heterocycles. The molecule has 11 aromatic carbocycles. The van der Waals surface area contributed by atoms with E-state index in [0.717, 1.165) is 0 Å². The second-order valence-corrected chi connectivity index (χ2v) is 14.5. The average Bonchev–Trinajstić information content (AvgIpc) is 3.25. The van der Waals surface area contributed by atoms with Gasteiger partial charge in [0.05, 0.1) is 0 Å². The lowest BCUT2D eigenvalue weighted by molar-refractivity contribution is 1.63. The fourth-order valence-electron chi connectivity index (χ4n) is 8.61. The maximum absolute atomic E-state index is 2.45. The normalized spacial score (nSPS) is 11.7. The van der Waals surface area contributed by atoms with Gasteiger partial charge in [0.2, 0.25) is 0 Å². The first kappa shape index (κ1) is 30.6. The Hall–Kier alpha value is -7.02. The molecule has 250 valence electrons. The highest BCUT2D eigenvalue weighted by Gasteiger charge is 2.16. The topological polar surface area (TPSA) is 0 Å². The highest BCUT2D eigenvalue weighted by Crippen LogP contribution is 2.44. The molecule has 0 unspecified atom stereocenters. The molecule has 0 nitrogen and oxygen atoms in total. The van der Waals surface area contributed by atoms with Crippen LogP contribution >= 0.6 is 0 Å². The average molecular weight is 683 g/mol. The SMILES string of the molecule is c1ccc(-c2ccc3cc(-c4ccc5c(c4)c(-c4ccc6ccccc6c4)cc4c6ccccc6c(-c6ccc7ccccc7c6)cc54)ccc3c2)cc1. The molecule has 0 radical (unpaired) electrons. The Morgan fingerprint density at radius 1 is 0.167 bits per heavy atom. The molecule has 54 heavy (non-hydrogen) atoms. The van der Waals surface area contributed by atoms with E-state index in [-0.39, 0.29) is 0 Å². The van der Waals surface area contributed by atoms with Gasteiger partial charge in [0, 0.05) is 0 Å². The summed E-state index contributed by atoms with van der Waals surface area (Å²) < 4.78 is 0. The molecule has 0 saturated carbocycles. The summed E-state index contributed by atoms with van der Waals surface area (Å²) in [6.07, 6.45) is 0. The third-order valence-corrected chi connectivity index (χ3v) is 11.4. The Kier molecular flexibility index (Phi) is 6.97. The summed E-state index contributed by atoms with van der Waals surface area (Å²) in [7, 11) is 0. The molecule has 0 heteroatoms. The van der Waals surface area contributed by atoms with Crippen LogP contribution in [-0.4, -0.2) is 0 Å². The van der Waals surface area contributed by atoms with Crippen molar-refractivity contribution in [3.63, 3.8) is 0 Å². The van der Waals surface area contributed by atoms with Crippen molar-refractivity contribution in [2.45, 2.75) is 0 Å². The maximum Gasteiger partial charge on any atom is -0.00923 e. The molecule has 0 bridgehead atoms. The van der Waals surface area contributed by atoms with Crippen LogP contribution in [0.1, 0.15) is 0 Å². The smallest absolute Gasteiger partial charge is 0.00923 e. The lowest BCUT2D eigenvalue weighted by atomic mass is 9.86. The summed E-state index contributed by atoms with van der Waals surface area (Å²) in [5, 5.41) is 15.1. The van der Waals surface area contributed by atoms with Crippen LogP contribution in [0.15, 0.2) is 206 Å². The van der Waals surface area contributed by atoms with Gasteiger partial charge in [-0.15, -0.1) is 0 Å². The summed E-state index contributed by atoms with van der Waals surface area (Å²) in [5.74, 6) is 0. The number of fused-ring (bicyclic) bond motifs is 8. The van der Waals surface area contributed by atoms with Crippen LogP contribution in [0, 0.1) is 0 Å². The van der Waals surface area contributed by atoms with Gasteiger partial charge in [0.25, 0.3) is 0 Å². The minimum Gasteiger partial charge on any atom is -0.0622 e. The van der Waals surface area contributed by atoms with E-state index < -0.39 is 0 Å². The predicted octanol–water partition coefficient (Wildman–Crippen LogP) is 15.3. The van der Waals surface area contributed by atoms with Crippen LogP contribution in [0.2, 0.25) is 0 Å². The standard InChI is InChI=1S/C54H34/c1-2-10-35(11-3-1)40-20-21-42-29-43(23-22-41(42)28-40)44-26-27-49-52(32-44)51(46-25-19-37-13-5-7-15-39(37)31-46)34-53-48-17-9-8-16-47(48)50(33-54(49)53)45-24-18-36-12-4-6-14-38(36)30-45/h1-34H. The Balaban J connectivity index is 1.15. The summed E-state index contributed by atoms with van der Waals surface area (Å²) in [6.45, 7) is 0. The molecule has 11 rings (SSSR count). The molecule has 0 fully saturated rings. The first-order valence-electron chi connectivity index (χ1n) is 18.7. The Morgan fingerprint density at radius 3 is 1.19 bits per heavy atom. The van der Waals surface area contributed by atoms with Crippen molar-refractivity contribution in [3.8, 4) is 44.5 Å². The molecule has 0 aliphatic rings. The van der Waals surface area contributed by atoms with Crippen molar-refractivity contribution >= 4 is 64.6 Å². The van der Waals surface area contributed by atoms with Gasteiger partial charge >= 0.3 is 0 Å². The van der Waals surface area contributed by atoms with E-state index in [0.29, 0.717) is 0 Å². The lowest BCUT2D eigenvalue weighted by Crippen LogP contribution is -1.90. The second-order valence-electron chi connectivity index (χ2n) is 14.5. The predicted molar refractivity (Wildman–Crippen MR) is 233 cm³/mol. The molecule has 0 heterocycles. The summed E-state index contributed by atoms with van der Waals surface area (Å²) in [6, 6.07) is 76.3. The van der Waals surface area contributed by atoms with Crippen LogP contribution in [0.3, 0.4) is 0 Å². The third kappa shape index (κ3) is 5.07. The molecule has 0 N–H and O–H groups in total. The molecule has 0 aliphatic heterocycles. The van der Waals surface area contributed by atoms with Gasteiger partial charge < -0.3 is 0 Å². The van der Waals surface area contributed by atoms with Crippen LogP contribution < -0.4 is 0 Å². The number of benzene rings is 11. The fraction of sp³-hybridized carbons (Fsp3) is 0. The molecule has 0 amide bonds. The minimum absolute atomic E-state index is 1.22. The van der Waals surface area contributed by atoms with E-state index in [1.807, 2.05) is 0 Å². The first-order valence-corrected chi connectivity index (χ1v) is 18.7. The van der Waals surface area contributed by atoms with Crippen molar-refractivity contribution in [2.75, 3.05) is 0 Å². The fourth-order valence-corrected chi connectivity index (χ4v) is 8.61. The highest BCUT2D eigenvalue weighted by atomic mass is 14.2. The van der Waals surface area contributed by atoms with E-state index in [2.05, 4.69) is 206 Å². The summed E-state index contributed by atoms with van der Waals surface area (Å²) in [4.78, 5) is 0. The lowest BCUT2D eigenvalue weighted by Gasteiger charge is -2.17. The monoisotopic (exact) mass is 682 g/mol. The molecule has 11 aromatic rings. The van der Waals surface area contributed by atoms with Gasteiger partial charge in [-0.25, -0.2) is 0 Å². The maximum atomic E-state index is 2.45. The Bertz CT molecular complexity index is 3260. The van der Waals surface area contributed by atoms with Crippen molar-refractivity contribution in [3.05, 3.63) is 206 Å². The van der Waals surface area contributed by atoms with Gasteiger partial charge in [0.1, 0.15) is 0 Å². The zero-order chi connectivity index (χ0) is 35.6.